The van der Waals surface area contributed by atoms with Gasteiger partial charge in [0.1, 0.15) is 11.4 Å². The molecule has 0 radical (unpaired) electrons. The van der Waals surface area contributed by atoms with E-state index in [1.165, 1.54) is 0 Å². The normalized spacial score (nSPS) is 16.9. The van der Waals surface area contributed by atoms with E-state index in [0.29, 0.717) is 28.3 Å². The van der Waals surface area contributed by atoms with Gasteiger partial charge < -0.3 is 19.9 Å². The molecule has 2 saturated heterocycles. The van der Waals surface area contributed by atoms with Gasteiger partial charge in [0.05, 0.1) is 23.3 Å². The SMILES string of the molecule is COc1cc(N2CC3(CCCN3C)C2)c([N+](=O)[O-])cc1-c1cnc(N)nc1-c1cn(C)c2ccccc12. The lowest BCUT2D eigenvalue weighted by molar-refractivity contribution is -0.384. The van der Waals surface area contributed by atoms with Crippen LogP contribution in [0.3, 0.4) is 0 Å². The van der Waals surface area contributed by atoms with Crippen LogP contribution >= 0.6 is 0 Å². The highest BCUT2D eigenvalue weighted by Crippen LogP contribution is 2.47. The van der Waals surface area contributed by atoms with Gasteiger partial charge >= 0.3 is 0 Å². The number of fused-ring (bicyclic) bond motifs is 1. The molecule has 2 aliphatic heterocycles. The van der Waals surface area contributed by atoms with Gasteiger partial charge in [-0.25, -0.2) is 9.97 Å². The van der Waals surface area contributed by atoms with Crippen LogP contribution in [0.25, 0.3) is 33.3 Å². The fourth-order valence-electron chi connectivity index (χ4n) is 5.97. The number of nitrogens with zero attached hydrogens (tertiary/aromatic N) is 6. The van der Waals surface area contributed by atoms with Gasteiger partial charge in [-0.2, -0.15) is 0 Å². The fraction of sp³-hybridized carbons (Fsp3) is 0.333. The Balaban J connectivity index is 1.50. The molecule has 10 nitrogen and oxygen atoms in total. The number of benzene rings is 2. The number of para-hydroxylation sites is 1. The number of methoxy groups -OCH3 is 1. The molecule has 0 aliphatic carbocycles. The van der Waals surface area contributed by atoms with E-state index in [2.05, 4.69) is 26.8 Å². The molecule has 0 saturated carbocycles. The summed E-state index contributed by atoms with van der Waals surface area (Å²) in [6.45, 7) is 2.59. The number of nitrogens with two attached hydrogens (primary N) is 1. The molecular weight excluding hydrogens is 470 g/mol. The summed E-state index contributed by atoms with van der Waals surface area (Å²) in [4.78, 5) is 25.2. The molecule has 2 aliphatic rings. The monoisotopic (exact) mass is 499 g/mol. The average molecular weight is 500 g/mol. The Hall–Kier alpha value is -4.18. The highest BCUT2D eigenvalue weighted by atomic mass is 16.6. The maximum atomic E-state index is 12.3. The summed E-state index contributed by atoms with van der Waals surface area (Å²) in [5, 5.41) is 13.3. The minimum Gasteiger partial charge on any atom is -0.496 e. The van der Waals surface area contributed by atoms with Crippen molar-refractivity contribution in [1.82, 2.24) is 19.4 Å². The van der Waals surface area contributed by atoms with E-state index in [4.69, 9.17) is 10.5 Å². The van der Waals surface area contributed by atoms with E-state index in [1.54, 1.807) is 25.4 Å². The lowest BCUT2D eigenvalue weighted by Gasteiger charge is -2.52. The van der Waals surface area contributed by atoms with E-state index in [1.807, 2.05) is 42.1 Å². The second-order valence-corrected chi connectivity index (χ2v) is 10.1. The smallest absolute Gasteiger partial charge is 0.293 e. The van der Waals surface area contributed by atoms with E-state index in [-0.39, 0.29) is 22.1 Å². The first-order valence-electron chi connectivity index (χ1n) is 12.3. The van der Waals surface area contributed by atoms with Crippen molar-refractivity contribution >= 4 is 28.2 Å². The molecule has 2 aromatic carbocycles. The van der Waals surface area contributed by atoms with Crippen LogP contribution in [0.2, 0.25) is 0 Å². The number of aryl methyl sites for hydroxylation is 1. The molecule has 0 unspecified atom stereocenters. The Kier molecular flexibility index (Phi) is 5.30. The summed E-state index contributed by atoms with van der Waals surface area (Å²) in [5.74, 6) is 0.652. The molecule has 10 heteroatoms. The fourth-order valence-corrected chi connectivity index (χ4v) is 5.97. The van der Waals surface area contributed by atoms with Crippen LogP contribution in [0.5, 0.6) is 5.75 Å². The van der Waals surface area contributed by atoms with Crippen LogP contribution in [-0.2, 0) is 7.05 Å². The molecule has 190 valence electrons. The first kappa shape index (κ1) is 23.2. The molecule has 0 atom stereocenters. The first-order valence-corrected chi connectivity index (χ1v) is 12.3. The topological polar surface area (TPSA) is 116 Å². The van der Waals surface area contributed by atoms with E-state index in [9.17, 15) is 10.1 Å². The summed E-state index contributed by atoms with van der Waals surface area (Å²) in [6, 6.07) is 11.4. The summed E-state index contributed by atoms with van der Waals surface area (Å²) in [5.41, 5.74) is 10.4. The number of anilines is 2. The zero-order valence-corrected chi connectivity index (χ0v) is 21.1. The zero-order valence-electron chi connectivity index (χ0n) is 21.1. The van der Waals surface area contributed by atoms with Gasteiger partial charge in [0.2, 0.25) is 5.95 Å². The number of likely N-dealkylation sites (N-methyl/N-ethyl adjacent to an activating group) is 1. The van der Waals surface area contributed by atoms with Crippen LogP contribution < -0.4 is 15.4 Å². The van der Waals surface area contributed by atoms with Gasteiger partial charge in [-0.1, -0.05) is 18.2 Å². The Bertz CT molecular complexity index is 1540. The minimum absolute atomic E-state index is 0.0343. The molecule has 2 N–H and O–H groups in total. The number of aromatic nitrogens is 3. The molecule has 4 aromatic rings. The van der Waals surface area contributed by atoms with Crippen molar-refractivity contribution in [2.24, 2.45) is 7.05 Å². The Morgan fingerprint density at radius 2 is 1.92 bits per heavy atom. The van der Waals surface area contributed by atoms with Crippen molar-refractivity contribution < 1.29 is 9.66 Å². The van der Waals surface area contributed by atoms with Gasteiger partial charge in [0.15, 0.2) is 0 Å². The molecule has 6 rings (SSSR count). The Morgan fingerprint density at radius 1 is 1.14 bits per heavy atom. The Morgan fingerprint density at radius 3 is 2.62 bits per heavy atom. The first-order chi connectivity index (χ1) is 17.8. The number of nitrogen functional groups attached to an aromatic ring is 1. The lowest BCUT2D eigenvalue weighted by Crippen LogP contribution is -2.67. The minimum atomic E-state index is -0.322. The van der Waals surface area contributed by atoms with Crippen molar-refractivity contribution in [1.29, 1.82) is 0 Å². The van der Waals surface area contributed by atoms with Crippen molar-refractivity contribution in [2.45, 2.75) is 18.4 Å². The largest absolute Gasteiger partial charge is 0.496 e. The second kappa shape index (κ2) is 8.45. The van der Waals surface area contributed by atoms with Gasteiger partial charge in [0.25, 0.3) is 5.69 Å². The number of ether oxygens (including phenoxy) is 1. The summed E-state index contributed by atoms with van der Waals surface area (Å²) in [6.07, 6.45) is 5.87. The molecule has 0 bridgehead atoms. The third-order valence-corrected chi connectivity index (χ3v) is 8.00. The van der Waals surface area contributed by atoms with Crippen LogP contribution in [0.4, 0.5) is 17.3 Å². The zero-order chi connectivity index (χ0) is 25.9. The van der Waals surface area contributed by atoms with Crippen LogP contribution in [-0.4, -0.2) is 63.7 Å². The maximum Gasteiger partial charge on any atom is 0.293 e. The number of likely N-dealkylation sites (tertiary alicyclic amines) is 1. The number of hydrogen-bond acceptors (Lipinski definition) is 8. The van der Waals surface area contributed by atoms with Gasteiger partial charge in [-0.15, -0.1) is 0 Å². The van der Waals surface area contributed by atoms with Gasteiger partial charge in [0, 0.05) is 72.3 Å². The maximum absolute atomic E-state index is 12.3. The van der Waals surface area contributed by atoms with Crippen LogP contribution in [0.15, 0.2) is 48.8 Å². The van der Waals surface area contributed by atoms with E-state index < -0.39 is 0 Å². The molecule has 1 spiro atoms. The quantitative estimate of drug-likeness (QED) is 0.323. The molecule has 4 heterocycles. The van der Waals surface area contributed by atoms with E-state index in [0.717, 1.165) is 48.9 Å². The number of hydrogen-bond donors (Lipinski definition) is 1. The third-order valence-electron chi connectivity index (χ3n) is 8.00. The van der Waals surface area contributed by atoms with Gasteiger partial charge in [-0.3, -0.25) is 15.0 Å². The Labute approximate surface area is 214 Å². The third kappa shape index (κ3) is 3.59. The standard InChI is InChI=1S/C27H29N7O3/c1-31-14-20(17-7-4-5-8-21(17)31)25-19(13-29-26(28)30-25)18-11-23(34(35)36)22(12-24(18)37-3)33-15-27(16-33)9-6-10-32(27)2/h4-5,7-8,11-14H,6,9-10,15-16H2,1-3H3,(H2,28,29,30). The van der Waals surface area contributed by atoms with Crippen molar-refractivity contribution in [3.8, 4) is 28.1 Å². The second-order valence-electron chi connectivity index (χ2n) is 10.1. The average Bonchev–Trinajstić information content (AvgIpc) is 3.42. The molecule has 2 aromatic heterocycles. The number of rotatable bonds is 5. The summed E-state index contributed by atoms with van der Waals surface area (Å²) >= 11 is 0. The van der Waals surface area contributed by atoms with Crippen LogP contribution in [0, 0.1) is 10.1 Å². The molecular formula is C27H29N7O3. The van der Waals surface area contributed by atoms with Gasteiger partial charge in [-0.05, 0) is 32.5 Å². The summed E-state index contributed by atoms with van der Waals surface area (Å²) in [7, 11) is 5.68. The predicted molar refractivity (Wildman–Crippen MR) is 144 cm³/mol. The molecule has 37 heavy (non-hydrogen) atoms. The van der Waals surface area contributed by atoms with Crippen LogP contribution in [0.1, 0.15) is 12.8 Å². The highest BCUT2D eigenvalue weighted by Gasteiger charge is 2.50. The van der Waals surface area contributed by atoms with Crippen molar-refractivity contribution in [2.75, 3.05) is 44.4 Å². The summed E-state index contributed by atoms with van der Waals surface area (Å²) < 4.78 is 7.82. The van der Waals surface area contributed by atoms with Crippen molar-refractivity contribution in [3.05, 3.63) is 58.9 Å². The predicted octanol–water partition coefficient (Wildman–Crippen LogP) is 4.09. The van der Waals surface area contributed by atoms with Crippen molar-refractivity contribution in [3.63, 3.8) is 0 Å². The number of nitro benzene ring substituents is 1. The lowest BCUT2D eigenvalue weighted by atomic mass is 9.86. The van der Waals surface area contributed by atoms with E-state index >= 15 is 0 Å². The molecule has 0 amide bonds. The highest BCUT2D eigenvalue weighted by molar-refractivity contribution is 6.00. The molecule has 2 fully saturated rings. The number of nitro groups is 1.